The highest BCUT2D eigenvalue weighted by Gasteiger charge is 2.24. The normalized spacial score (nSPS) is 11.6. The lowest BCUT2D eigenvalue weighted by atomic mass is 10.3. The van der Waals surface area contributed by atoms with Crippen molar-refractivity contribution in [1.29, 1.82) is 0 Å². The van der Waals surface area contributed by atoms with E-state index >= 15 is 0 Å². The molecule has 1 aromatic carbocycles. The first kappa shape index (κ1) is 16.5. The molecule has 0 aliphatic carbocycles. The van der Waals surface area contributed by atoms with E-state index in [0.29, 0.717) is 0 Å². The lowest BCUT2D eigenvalue weighted by molar-refractivity contribution is -0.385. The Bertz CT molecular complexity index is 744. The molecule has 9 heteroatoms. The van der Waals surface area contributed by atoms with Crippen LogP contribution in [0, 0.1) is 10.1 Å². The number of amides is 1. The summed E-state index contributed by atoms with van der Waals surface area (Å²) < 4.78 is 9.85. The molecule has 0 aliphatic heterocycles. The summed E-state index contributed by atoms with van der Waals surface area (Å²) in [7, 11) is 0. The number of nitrogens with zero attached hydrogens (tertiary/aromatic N) is 1. The zero-order valence-electron chi connectivity index (χ0n) is 11.8. The zero-order valence-corrected chi connectivity index (χ0v) is 12.6. The average molecular weight is 339 g/mol. The van der Waals surface area contributed by atoms with Gasteiger partial charge < -0.3 is 14.5 Å². The average Bonchev–Trinajstić information content (AvgIpc) is 3.03. The number of rotatable bonds is 5. The molecule has 1 amide bonds. The summed E-state index contributed by atoms with van der Waals surface area (Å²) in [5.74, 6) is -1.70. The summed E-state index contributed by atoms with van der Waals surface area (Å²) in [5.41, 5.74) is -0.449. The smallest absolute Gasteiger partial charge is 0.333 e. The molecular weight excluding hydrogens is 328 g/mol. The highest BCUT2D eigenvalue weighted by Crippen LogP contribution is 2.30. The van der Waals surface area contributed by atoms with Crippen LogP contribution in [0.25, 0.3) is 0 Å². The van der Waals surface area contributed by atoms with Gasteiger partial charge >= 0.3 is 11.7 Å². The molecule has 0 bridgehead atoms. The molecule has 8 nitrogen and oxygen atoms in total. The Hall–Kier alpha value is -2.87. The van der Waals surface area contributed by atoms with Gasteiger partial charge in [-0.05, 0) is 31.2 Å². The van der Waals surface area contributed by atoms with E-state index in [1.807, 2.05) is 0 Å². The van der Waals surface area contributed by atoms with Crippen molar-refractivity contribution >= 4 is 29.2 Å². The Morgan fingerprint density at radius 3 is 2.74 bits per heavy atom. The maximum Gasteiger partial charge on any atom is 0.333 e. The van der Waals surface area contributed by atoms with Crippen molar-refractivity contribution in [3.05, 3.63) is 57.5 Å². The van der Waals surface area contributed by atoms with E-state index in [4.69, 9.17) is 20.8 Å². The summed E-state index contributed by atoms with van der Waals surface area (Å²) in [6, 6.07) is 5.54. The standard InChI is InChI=1S/C14H11ClN2O6/c1-8(16-13(18)12-3-2-6-22-12)14(19)23-11-5-4-9(15)7-10(11)17(20)21/h2-8H,1H3,(H,16,18)/t8-/m0/s1. The monoisotopic (exact) mass is 338 g/mol. The molecule has 1 atom stereocenters. The van der Waals surface area contributed by atoms with Crippen molar-refractivity contribution in [2.45, 2.75) is 13.0 Å². The largest absolute Gasteiger partial charge is 0.459 e. The fraction of sp³-hybridized carbons (Fsp3) is 0.143. The summed E-state index contributed by atoms with van der Waals surface area (Å²) in [5, 5.41) is 13.4. The van der Waals surface area contributed by atoms with Gasteiger partial charge in [0.25, 0.3) is 5.91 Å². The van der Waals surface area contributed by atoms with Crippen molar-refractivity contribution in [1.82, 2.24) is 5.32 Å². The van der Waals surface area contributed by atoms with Crippen molar-refractivity contribution in [2.75, 3.05) is 0 Å². The third kappa shape index (κ3) is 4.07. The van der Waals surface area contributed by atoms with Crippen molar-refractivity contribution in [3.8, 4) is 5.75 Å². The van der Waals surface area contributed by atoms with Gasteiger partial charge in [0.05, 0.1) is 11.2 Å². The van der Waals surface area contributed by atoms with Crippen LogP contribution in [0.4, 0.5) is 5.69 Å². The van der Waals surface area contributed by atoms with Crippen LogP contribution in [0.3, 0.4) is 0 Å². The lowest BCUT2D eigenvalue weighted by Gasteiger charge is -2.12. The third-order valence-electron chi connectivity index (χ3n) is 2.77. The topological polar surface area (TPSA) is 112 Å². The Labute approximate surface area is 135 Å². The molecule has 1 N–H and O–H groups in total. The Morgan fingerprint density at radius 2 is 2.13 bits per heavy atom. The van der Waals surface area contributed by atoms with E-state index in [1.54, 1.807) is 0 Å². The van der Waals surface area contributed by atoms with Gasteiger partial charge in [0.2, 0.25) is 5.75 Å². The molecule has 0 radical (unpaired) electrons. The molecule has 120 valence electrons. The first-order chi connectivity index (χ1) is 10.9. The van der Waals surface area contributed by atoms with Gasteiger partial charge in [0, 0.05) is 11.1 Å². The Morgan fingerprint density at radius 1 is 1.39 bits per heavy atom. The Balaban J connectivity index is 2.07. The molecule has 0 unspecified atom stereocenters. The molecule has 0 saturated carbocycles. The number of ether oxygens (including phenoxy) is 1. The van der Waals surface area contributed by atoms with Crippen LogP contribution in [-0.2, 0) is 4.79 Å². The lowest BCUT2D eigenvalue weighted by Crippen LogP contribution is -2.40. The minimum Gasteiger partial charge on any atom is -0.459 e. The fourth-order valence-corrected chi connectivity index (χ4v) is 1.82. The SMILES string of the molecule is C[C@H](NC(=O)c1ccco1)C(=O)Oc1ccc(Cl)cc1[N+](=O)[O-]. The number of halogens is 1. The molecule has 0 saturated heterocycles. The van der Waals surface area contributed by atoms with Crippen molar-refractivity contribution in [2.24, 2.45) is 0 Å². The molecule has 2 aromatic rings. The van der Waals surface area contributed by atoms with Gasteiger partial charge in [-0.3, -0.25) is 14.9 Å². The van der Waals surface area contributed by atoms with E-state index in [1.165, 1.54) is 37.5 Å². The number of benzene rings is 1. The number of nitrogens with one attached hydrogen (secondary N) is 1. The second-order valence-electron chi connectivity index (χ2n) is 4.46. The van der Waals surface area contributed by atoms with Crippen LogP contribution in [0.2, 0.25) is 5.02 Å². The number of hydrogen-bond donors (Lipinski definition) is 1. The number of esters is 1. The molecule has 0 spiro atoms. The summed E-state index contributed by atoms with van der Waals surface area (Å²) in [6.07, 6.45) is 1.31. The second kappa shape index (κ2) is 6.93. The predicted molar refractivity (Wildman–Crippen MR) is 79.4 cm³/mol. The minimum absolute atomic E-state index is 0.0297. The van der Waals surface area contributed by atoms with E-state index in [9.17, 15) is 19.7 Å². The fourth-order valence-electron chi connectivity index (χ4n) is 1.65. The maximum absolute atomic E-state index is 12.0. The second-order valence-corrected chi connectivity index (χ2v) is 4.90. The van der Waals surface area contributed by atoms with Gasteiger partial charge in [0.1, 0.15) is 6.04 Å². The molecule has 0 aliphatic rings. The van der Waals surface area contributed by atoms with E-state index in [2.05, 4.69) is 5.32 Å². The molecule has 23 heavy (non-hydrogen) atoms. The highest BCUT2D eigenvalue weighted by atomic mass is 35.5. The van der Waals surface area contributed by atoms with Gasteiger partial charge in [-0.2, -0.15) is 0 Å². The van der Waals surface area contributed by atoms with Crippen LogP contribution >= 0.6 is 11.6 Å². The van der Waals surface area contributed by atoms with Gasteiger partial charge in [0.15, 0.2) is 5.76 Å². The number of nitro groups is 1. The van der Waals surface area contributed by atoms with E-state index < -0.39 is 28.5 Å². The van der Waals surface area contributed by atoms with Crippen LogP contribution in [-0.4, -0.2) is 22.8 Å². The van der Waals surface area contributed by atoms with Crippen molar-refractivity contribution < 1.29 is 23.7 Å². The predicted octanol–water partition coefficient (Wildman–Crippen LogP) is 2.57. The molecular formula is C14H11ClN2O6. The van der Waals surface area contributed by atoms with Gasteiger partial charge in [-0.25, -0.2) is 4.79 Å². The number of furan rings is 1. The number of carbonyl (C=O) groups is 2. The molecule has 0 fully saturated rings. The minimum atomic E-state index is -1.04. The van der Waals surface area contributed by atoms with Crippen LogP contribution < -0.4 is 10.1 Å². The van der Waals surface area contributed by atoms with E-state index in [0.717, 1.165) is 6.07 Å². The number of carbonyl (C=O) groups excluding carboxylic acids is 2. The van der Waals surface area contributed by atoms with Crippen molar-refractivity contribution in [3.63, 3.8) is 0 Å². The third-order valence-corrected chi connectivity index (χ3v) is 3.01. The van der Waals surface area contributed by atoms with Crippen LogP contribution in [0.5, 0.6) is 5.75 Å². The quantitative estimate of drug-likeness (QED) is 0.388. The number of hydrogen-bond acceptors (Lipinski definition) is 6. The number of nitro benzene ring substituents is 1. The van der Waals surface area contributed by atoms with Crippen LogP contribution in [0.1, 0.15) is 17.5 Å². The first-order valence-corrected chi connectivity index (χ1v) is 6.76. The first-order valence-electron chi connectivity index (χ1n) is 6.38. The summed E-state index contributed by atoms with van der Waals surface area (Å²) in [6.45, 7) is 1.38. The summed E-state index contributed by atoms with van der Waals surface area (Å²) in [4.78, 5) is 33.9. The zero-order chi connectivity index (χ0) is 17.0. The van der Waals surface area contributed by atoms with Crippen LogP contribution in [0.15, 0.2) is 41.0 Å². The summed E-state index contributed by atoms with van der Waals surface area (Å²) >= 11 is 5.67. The molecule has 1 heterocycles. The molecule has 1 aromatic heterocycles. The molecule has 2 rings (SSSR count). The van der Waals surface area contributed by atoms with Gasteiger partial charge in [-0.1, -0.05) is 11.6 Å². The highest BCUT2D eigenvalue weighted by molar-refractivity contribution is 6.30. The Kier molecular flexibility index (Phi) is 4.97. The maximum atomic E-state index is 12.0. The van der Waals surface area contributed by atoms with Gasteiger partial charge in [-0.15, -0.1) is 0 Å². The van der Waals surface area contributed by atoms with E-state index in [-0.39, 0.29) is 16.5 Å².